The van der Waals surface area contributed by atoms with Crippen molar-refractivity contribution in [2.45, 2.75) is 58.6 Å². The highest BCUT2D eigenvalue weighted by atomic mass is 32.1. The second-order valence-corrected chi connectivity index (χ2v) is 5.96. The Labute approximate surface area is 115 Å². The van der Waals surface area contributed by atoms with Gasteiger partial charge in [0.05, 0.1) is 11.2 Å². The lowest BCUT2D eigenvalue weighted by atomic mass is 9.97. The number of aromatic nitrogens is 1. The minimum atomic E-state index is -0.217. The van der Waals surface area contributed by atoms with Crippen LogP contribution in [0, 0.1) is 0 Å². The topological polar surface area (TPSA) is 34.1 Å². The molecule has 0 saturated heterocycles. The number of thiazole rings is 1. The van der Waals surface area contributed by atoms with Crippen molar-refractivity contribution in [1.29, 1.82) is 0 Å². The standard InChI is InChI=1S/C14H26N2OS/c1-7-14(8-2,17-6)12-16-11(10-18-12)13(4,5)15-9-3/h10,15H,7-9H2,1-6H3. The van der Waals surface area contributed by atoms with E-state index in [0.717, 1.165) is 30.1 Å². The van der Waals surface area contributed by atoms with Crippen LogP contribution in [-0.2, 0) is 15.9 Å². The maximum atomic E-state index is 5.74. The molecule has 0 aliphatic carbocycles. The van der Waals surface area contributed by atoms with Crippen molar-refractivity contribution >= 4 is 11.3 Å². The van der Waals surface area contributed by atoms with Crippen molar-refractivity contribution in [3.05, 3.63) is 16.1 Å². The Bertz CT molecular complexity index is 361. The van der Waals surface area contributed by atoms with Crippen molar-refractivity contribution in [3.8, 4) is 0 Å². The maximum Gasteiger partial charge on any atom is 0.125 e. The van der Waals surface area contributed by atoms with Gasteiger partial charge < -0.3 is 10.1 Å². The average Bonchev–Trinajstić information content (AvgIpc) is 2.83. The van der Waals surface area contributed by atoms with Crippen LogP contribution in [0.2, 0.25) is 0 Å². The average molecular weight is 270 g/mol. The predicted molar refractivity (Wildman–Crippen MR) is 78.1 cm³/mol. The normalized spacial score (nSPS) is 13.0. The molecule has 0 amide bonds. The van der Waals surface area contributed by atoms with Gasteiger partial charge in [-0.2, -0.15) is 0 Å². The lowest BCUT2D eigenvalue weighted by Gasteiger charge is -2.28. The Morgan fingerprint density at radius 2 is 1.89 bits per heavy atom. The van der Waals surface area contributed by atoms with Crippen molar-refractivity contribution in [1.82, 2.24) is 10.3 Å². The molecule has 0 unspecified atom stereocenters. The highest BCUT2D eigenvalue weighted by Crippen LogP contribution is 2.36. The molecular formula is C14H26N2OS. The molecule has 104 valence electrons. The molecule has 0 bridgehead atoms. The molecule has 0 aliphatic heterocycles. The number of rotatable bonds is 7. The molecule has 1 rings (SSSR count). The lowest BCUT2D eigenvalue weighted by Crippen LogP contribution is -2.37. The smallest absolute Gasteiger partial charge is 0.125 e. The van der Waals surface area contributed by atoms with Crippen LogP contribution in [0.4, 0.5) is 0 Å². The molecule has 3 nitrogen and oxygen atoms in total. The summed E-state index contributed by atoms with van der Waals surface area (Å²) >= 11 is 1.71. The monoisotopic (exact) mass is 270 g/mol. The molecule has 0 aromatic carbocycles. The summed E-state index contributed by atoms with van der Waals surface area (Å²) in [7, 11) is 1.78. The molecule has 1 aromatic rings. The number of hydrogen-bond donors (Lipinski definition) is 1. The Morgan fingerprint density at radius 3 is 2.33 bits per heavy atom. The summed E-state index contributed by atoms with van der Waals surface area (Å²) < 4.78 is 5.74. The van der Waals surface area contributed by atoms with Crippen molar-refractivity contribution < 1.29 is 4.74 Å². The van der Waals surface area contributed by atoms with Gasteiger partial charge in [-0.3, -0.25) is 0 Å². The molecule has 4 heteroatoms. The van der Waals surface area contributed by atoms with E-state index >= 15 is 0 Å². The molecule has 0 radical (unpaired) electrons. The van der Waals surface area contributed by atoms with Gasteiger partial charge in [0.15, 0.2) is 0 Å². The van der Waals surface area contributed by atoms with Gasteiger partial charge in [0.2, 0.25) is 0 Å². The molecule has 0 spiro atoms. The summed E-state index contributed by atoms with van der Waals surface area (Å²) in [6, 6.07) is 0. The van der Waals surface area contributed by atoms with E-state index in [9.17, 15) is 0 Å². The van der Waals surface area contributed by atoms with Gasteiger partial charge in [-0.05, 0) is 33.2 Å². The van der Waals surface area contributed by atoms with Gasteiger partial charge in [0.25, 0.3) is 0 Å². The summed E-state index contributed by atoms with van der Waals surface area (Å²) in [6.07, 6.45) is 1.91. The third-order valence-electron chi connectivity index (χ3n) is 3.69. The van der Waals surface area contributed by atoms with Crippen LogP contribution in [0.3, 0.4) is 0 Å². The van der Waals surface area contributed by atoms with Gasteiger partial charge >= 0.3 is 0 Å². The van der Waals surface area contributed by atoms with E-state index in [4.69, 9.17) is 9.72 Å². The van der Waals surface area contributed by atoms with Gasteiger partial charge in [0, 0.05) is 12.5 Å². The third-order valence-corrected chi connectivity index (χ3v) is 4.71. The zero-order chi connectivity index (χ0) is 13.8. The number of nitrogens with zero attached hydrogens (tertiary/aromatic N) is 1. The first-order valence-corrected chi connectivity index (χ1v) is 7.60. The second kappa shape index (κ2) is 6.13. The first kappa shape index (κ1) is 15.6. The molecule has 0 aliphatic rings. The van der Waals surface area contributed by atoms with Crippen LogP contribution in [0.15, 0.2) is 5.38 Å². The van der Waals surface area contributed by atoms with Crippen LogP contribution in [0.1, 0.15) is 58.2 Å². The maximum absolute atomic E-state index is 5.74. The quantitative estimate of drug-likeness (QED) is 0.821. The minimum Gasteiger partial charge on any atom is -0.371 e. The summed E-state index contributed by atoms with van der Waals surface area (Å²) in [5.74, 6) is 0. The molecule has 18 heavy (non-hydrogen) atoms. The zero-order valence-corrected chi connectivity index (χ0v) is 13.3. The van der Waals surface area contributed by atoms with E-state index in [1.165, 1.54) is 0 Å². The Kier molecular flexibility index (Phi) is 5.32. The van der Waals surface area contributed by atoms with E-state index in [1.807, 2.05) is 0 Å². The van der Waals surface area contributed by atoms with E-state index in [2.05, 4.69) is 45.3 Å². The second-order valence-electron chi connectivity index (χ2n) is 5.10. The minimum absolute atomic E-state index is 0.0789. The van der Waals surface area contributed by atoms with Crippen LogP contribution in [-0.4, -0.2) is 18.6 Å². The third kappa shape index (κ3) is 2.92. The van der Waals surface area contributed by atoms with Crippen molar-refractivity contribution in [3.63, 3.8) is 0 Å². The van der Waals surface area contributed by atoms with Gasteiger partial charge in [-0.15, -0.1) is 11.3 Å². The van der Waals surface area contributed by atoms with Crippen LogP contribution < -0.4 is 5.32 Å². The number of nitrogens with one attached hydrogen (secondary N) is 1. The highest BCUT2D eigenvalue weighted by Gasteiger charge is 2.33. The lowest BCUT2D eigenvalue weighted by molar-refractivity contribution is -0.0220. The highest BCUT2D eigenvalue weighted by molar-refractivity contribution is 7.09. The molecule has 1 heterocycles. The fourth-order valence-corrected chi connectivity index (χ4v) is 3.54. The van der Waals surface area contributed by atoms with Crippen LogP contribution >= 0.6 is 11.3 Å². The molecule has 0 saturated carbocycles. The van der Waals surface area contributed by atoms with Gasteiger partial charge in [0.1, 0.15) is 10.6 Å². The Morgan fingerprint density at radius 1 is 1.28 bits per heavy atom. The van der Waals surface area contributed by atoms with Crippen LogP contribution in [0.25, 0.3) is 0 Å². The largest absolute Gasteiger partial charge is 0.371 e. The molecule has 1 N–H and O–H groups in total. The van der Waals surface area contributed by atoms with Gasteiger partial charge in [-0.25, -0.2) is 4.98 Å². The first-order chi connectivity index (χ1) is 8.45. The van der Waals surface area contributed by atoms with Crippen LogP contribution in [0.5, 0.6) is 0 Å². The molecule has 1 aromatic heterocycles. The van der Waals surface area contributed by atoms with E-state index < -0.39 is 0 Å². The predicted octanol–water partition coefficient (Wildman–Crippen LogP) is 3.65. The molecule has 0 fully saturated rings. The fraction of sp³-hybridized carbons (Fsp3) is 0.786. The zero-order valence-electron chi connectivity index (χ0n) is 12.5. The van der Waals surface area contributed by atoms with E-state index in [1.54, 1.807) is 18.4 Å². The summed E-state index contributed by atoms with van der Waals surface area (Å²) in [4.78, 5) is 4.82. The number of hydrogen-bond acceptors (Lipinski definition) is 4. The van der Waals surface area contributed by atoms with Crippen molar-refractivity contribution in [2.75, 3.05) is 13.7 Å². The van der Waals surface area contributed by atoms with E-state index in [0.29, 0.717) is 0 Å². The first-order valence-electron chi connectivity index (χ1n) is 6.72. The Balaban J connectivity index is 3.05. The SMILES string of the molecule is CCNC(C)(C)c1csc(C(CC)(CC)OC)n1. The fourth-order valence-electron chi connectivity index (χ4n) is 2.23. The number of ether oxygens (including phenoxy) is 1. The Hall–Kier alpha value is -0.450. The number of methoxy groups -OCH3 is 1. The summed E-state index contributed by atoms with van der Waals surface area (Å²) in [5.41, 5.74) is 0.808. The summed E-state index contributed by atoms with van der Waals surface area (Å²) in [6.45, 7) is 11.7. The van der Waals surface area contributed by atoms with Crippen molar-refractivity contribution in [2.24, 2.45) is 0 Å². The molecular weight excluding hydrogens is 244 g/mol. The summed E-state index contributed by atoms with van der Waals surface area (Å²) in [5, 5.41) is 6.70. The van der Waals surface area contributed by atoms with E-state index in [-0.39, 0.29) is 11.1 Å². The molecule has 0 atom stereocenters. The van der Waals surface area contributed by atoms with Gasteiger partial charge in [-0.1, -0.05) is 20.8 Å².